The molecule has 0 radical (unpaired) electrons. The van der Waals surface area contributed by atoms with Crippen LogP contribution < -0.4 is 0 Å². The molecule has 1 unspecified atom stereocenters. The maximum atomic E-state index is 11.3. The third-order valence-electron chi connectivity index (χ3n) is 2.77. The van der Waals surface area contributed by atoms with E-state index in [9.17, 15) is 4.79 Å². The Morgan fingerprint density at radius 1 is 1.33 bits per heavy atom. The van der Waals surface area contributed by atoms with Gasteiger partial charge in [0, 0.05) is 19.1 Å². The summed E-state index contributed by atoms with van der Waals surface area (Å²) in [7, 11) is 1.46. The van der Waals surface area contributed by atoms with Crippen LogP contribution in [0.3, 0.4) is 0 Å². The monoisotopic (exact) mass is 213 g/mol. The highest BCUT2D eigenvalue weighted by Crippen LogP contribution is 2.28. The summed E-state index contributed by atoms with van der Waals surface area (Å²) in [5.41, 5.74) is 0. The number of methoxy groups -OCH3 is 1. The van der Waals surface area contributed by atoms with E-state index < -0.39 is 0 Å². The van der Waals surface area contributed by atoms with Crippen molar-refractivity contribution in [2.75, 3.05) is 20.2 Å². The Balaban J connectivity index is 2.39. The quantitative estimate of drug-likeness (QED) is 0.631. The lowest BCUT2D eigenvalue weighted by Crippen LogP contribution is -2.36. The van der Waals surface area contributed by atoms with E-state index >= 15 is 0 Å². The SMILES string of the molecule is COC(=O)C(C)CN(CC(C)C)C1CC1. The first-order chi connectivity index (χ1) is 7.04. The summed E-state index contributed by atoms with van der Waals surface area (Å²) < 4.78 is 4.75. The minimum Gasteiger partial charge on any atom is -0.469 e. The molecule has 3 nitrogen and oxygen atoms in total. The molecule has 0 aromatic carbocycles. The summed E-state index contributed by atoms with van der Waals surface area (Å²) in [5, 5.41) is 0. The molecule has 1 saturated carbocycles. The van der Waals surface area contributed by atoms with E-state index in [1.807, 2.05) is 6.92 Å². The topological polar surface area (TPSA) is 29.5 Å². The van der Waals surface area contributed by atoms with E-state index in [0.29, 0.717) is 5.92 Å². The first-order valence-electron chi connectivity index (χ1n) is 5.86. The standard InChI is InChI=1S/C12H23NO2/c1-9(2)7-13(11-5-6-11)8-10(3)12(14)15-4/h9-11H,5-8H2,1-4H3. The van der Waals surface area contributed by atoms with Crippen molar-refractivity contribution in [1.82, 2.24) is 4.90 Å². The van der Waals surface area contributed by atoms with Crippen LogP contribution in [-0.2, 0) is 9.53 Å². The summed E-state index contributed by atoms with van der Waals surface area (Å²) in [4.78, 5) is 13.8. The van der Waals surface area contributed by atoms with Crippen LogP contribution in [0.25, 0.3) is 0 Å². The lowest BCUT2D eigenvalue weighted by Gasteiger charge is -2.26. The Labute approximate surface area is 92.8 Å². The summed E-state index contributed by atoms with van der Waals surface area (Å²) in [5.74, 6) is 0.564. The number of hydrogen-bond acceptors (Lipinski definition) is 3. The van der Waals surface area contributed by atoms with Crippen LogP contribution in [-0.4, -0.2) is 37.1 Å². The second kappa shape index (κ2) is 5.50. The van der Waals surface area contributed by atoms with Gasteiger partial charge in [-0.15, -0.1) is 0 Å². The van der Waals surface area contributed by atoms with E-state index in [0.717, 1.165) is 19.1 Å². The Kier molecular flexibility index (Phi) is 4.58. The molecule has 1 rings (SSSR count). The van der Waals surface area contributed by atoms with Crippen molar-refractivity contribution in [1.29, 1.82) is 0 Å². The molecule has 0 aromatic rings. The average molecular weight is 213 g/mol. The molecule has 1 aliphatic carbocycles. The fraction of sp³-hybridized carbons (Fsp3) is 0.917. The molecule has 0 N–H and O–H groups in total. The predicted molar refractivity (Wildman–Crippen MR) is 60.6 cm³/mol. The first kappa shape index (κ1) is 12.5. The zero-order valence-corrected chi connectivity index (χ0v) is 10.3. The van der Waals surface area contributed by atoms with Crippen LogP contribution in [0.5, 0.6) is 0 Å². The van der Waals surface area contributed by atoms with E-state index in [4.69, 9.17) is 4.74 Å². The molecule has 1 fully saturated rings. The van der Waals surface area contributed by atoms with Gasteiger partial charge >= 0.3 is 5.97 Å². The third kappa shape index (κ3) is 4.20. The maximum Gasteiger partial charge on any atom is 0.309 e. The highest BCUT2D eigenvalue weighted by Gasteiger charge is 2.31. The first-order valence-corrected chi connectivity index (χ1v) is 5.86. The normalized spacial score (nSPS) is 18.3. The largest absolute Gasteiger partial charge is 0.469 e. The van der Waals surface area contributed by atoms with Gasteiger partial charge in [-0.3, -0.25) is 9.69 Å². The van der Waals surface area contributed by atoms with Gasteiger partial charge in [-0.1, -0.05) is 20.8 Å². The minimum atomic E-state index is -0.0931. The second-order valence-corrected chi connectivity index (χ2v) is 5.00. The number of esters is 1. The molecule has 0 saturated heterocycles. The van der Waals surface area contributed by atoms with Crippen molar-refractivity contribution in [2.45, 2.75) is 39.7 Å². The maximum absolute atomic E-state index is 11.3. The van der Waals surface area contributed by atoms with Gasteiger partial charge in [0.05, 0.1) is 13.0 Å². The summed E-state index contributed by atoms with van der Waals surface area (Å²) in [6, 6.07) is 0.722. The summed E-state index contributed by atoms with van der Waals surface area (Å²) in [6.45, 7) is 8.32. The van der Waals surface area contributed by atoms with Crippen LogP contribution in [0.2, 0.25) is 0 Å². The molecule has 0 bridgehead atoms. The number of carbonyl (C=O) groups excluding carboxylic acids is 1. The van der Waals surface area contributed by atoms with Crippen LogP contribution in [0.4, 0.5) is 0 Å². The summed E-state index contributed by atoms with van der Waals surface area (Å²) >= 11 is 0. The van der Waals surface area contributed by atoms with Crippen LogP contribution in [0.1, 0.15) is 33.6 Å². The molecule has 15 heavy (non-hydrogen) atoms. The fourth-order valence-corrected chi connectivity index (χ4v) is 1.91. The van der Waals surface area contributed by atoms with Gasteiger partial charge in [0.2, 0.25) is 0 Å². The van der Waals surface area contributed by atoms with Crippen LogP contribution >= 0.6 is 0 Å². The van der Waals surface area contributed by atoms with Gasteiger partial charge in [0.1, 0.15) is 0 Å². The van der Waals surface area contributed by atoms with Crippen LogP contribution in [0, 0.1) is 11.8 Å². The molecule has 0 aromatic heterocycles. The van der Waals surface area contributed by atoms with Gasteiger partial charge in [-0.05, 0) is 18.8 Å². The second-order valence-electron chi connectivity index (χ2n) is 5.00. The minimum absolute atomic E-state index is 0.00523. The molecule has 88 valence electrons. The van der Waals surface area contributed by atoms with E-state index in [2.05, 4.69) is 18.7 Å². The number of carbonyl (C=O) groups is 1. The van der Waals surface area contributed by atoms with E-state index in [-0.39, 0.29) is 11.9 Å². The molecule has 0 heterocycles. The number of hydrogen-bond donors (Lipinski definition) is 0. The Bertz CT molecular complexity index is 212. The Morgan fingerprint density at radius 3 is 2.33 bits per heavy atom. The molecule has 0 spiro atoms. The zero-order chi connectivity index (χ0) is 11.4. The molecular formula is C12H23NO2. The van der Waals surface area contributed by atoms with Crippen molar-refractivity contribution in [3.05, 3.63) is 0 Å². The molecule has 0 aliphatic heterocycles. The molecule has 1 atom stereocenters. The molecular weight excluding hydrogens is 190 g/mol. The predicted octanol–water partition coefficient (Wildman–Crippen LogP) is 1.92. The zero-order valence-electron chi connectivity index (χ0n) is 10.3. The van der Waals surface area contributed by atoms with Gasteiger partial charge in [-0.25, -0.2) is 0 Å². The molecule has 3 heteroatoms. The van der Waals surface area contributed by atoms with Gasteiger partial charge in [-0.2, -0.15) is 0 Å². The molecule has 0 amide bonds. The average Bonchev–Trinajstić information content (AvgIpc) is 2.97. The summed E-state index contributed by atoms with van der Waals surface area (Å²) in [6.07, 6.45) is 2.58. The Morgan fingerprint density at radius 2 is 1.93 bits per heavy atom. The number of ether oxygens (including phenoxy) is 1. The number of rotatable bonds is 6. The smallest absolute Gasteiger partial charge is 0.309 e. The van der Waals surface area contributed by atoms with Crippen molar-refractivity contribution < 1.29 is 9.53 Å². The van der Waals surface area contributed by atoms with Crippen molar-refractivity contribution in [2.24, 2.45) is 11.8 Å². The molecule has 1 aliphatic rings. The van der Waals surface area contributed by atoms with Crippen molar-refractivity contribution >= 4 is 5.97 Å². The van der Waals surface area contributed by atoms with Crippen LogP contribution in [0.15, 0.2) is 0 Å². The third-order valence-corrected chi connectivity index (χ3v) is 2.77. The Hall–Kier alpha value is -0.570. The lowest BCUT2D eigenvalue weighted by atomic mass is 10.1. The van der Waals surface area contributed by atoms with E-state index in [1.165, 1.54) is 20.0 Å². The number of nitrogens with zero attached hydrogens (tertiary/aromatic N) is 1. The van der Waals surface area contributed by atoms with Gasteiger partial charge < -0.3 is 4.74 Å². The highest BCUT2D eigenvalue weighted by atomic mass is 16.5. The van der Waals surface area contributed by atoms with Gasteiger partial charge in [0.15, 0.2) is 0 Å². The highest BCUT2D eigenvalue weighted by molar-refractivity contribution is 5.72. The van der Waals surface area contributed by atoms with Crippen molar-refractivity contribution in [3.63, 3.8) is 0 Å². The lowest BCUT2D eigenvalue weighted by molar-refractivity contribution is -0.145. The van der Waals surface area contributed by atoms with E-state index in [1.54, 1.807) is 0 Å². The fourth-order valence-electron chi connectivity index (χ4n) is 1.91. The van der Waals surface area contributed by atoms with Gasteiger partial charge in [0.25, 0.3) is 0 Å². The van der Waals surface area contributed by atoms with Crippen molar-refractivity contribution in [3.8, 4) is 0 Å².